The molecular weight excluding hydrogens is 296 g/mol. The molecule has 0 aliphatic carbocycles. The highest BCUT2D eigenvalue weighted by molar-refractivity contribution is 5.86. The van der Waals surface area contributed by atoms with Crippen LogP contribution in [0.2, 0.25) is 0 Å². The average molecular weight is 316 g/mol. The van der Waals surface area contributed by atoms with Crippen LogP contribution in [0.1, 0.15) is 11.1 Å². The summed E-state index contributed by atoms with van der Waals surface area (Å²) >= 11 is 0. The zero-order valence-corrected chi connectivity index (χ0v) is 13.5. The second-order valence-corrected chi connectivity index (χ2v) is 5.99. The minimum absolute atomic E-state index is 0.537. The van der Waals surface area contributed by atoms with E-state index in [0.29, 0.717) is 13.2 Å². The van der Waals surface area contributed by atoms with Crippen LogP contribution in [0.3, 0.4) is 0 Å². The van der Waals surface area contributed by atoms with Crippen molar-refractivity contribution in [2.24, 2.45) is 5.73 Å². The van der Waals surface area contributed by atoms with E-state index >= 15 is 0 Å². The van der Waals surface area contributed by atoms with Crippen LogP contribution < -0.4 is 10.5 Å². The fourth-order valence-corrected chi connectivity index (χ4v) is 3.18. The zero-order valence-electron chi connectivity index (χ0n) is 13.5. The van der Waals surface area contributed by atoms with Gasteiger partial charge in [0, 0.05) is 16.5 Å². The summed E-state index contributed by atoms with van der Waals surface area (Å²) in [6.07, 6.45) is 0.803. The van der Waals surface area contributed by atoms with Crippen molar-refractivity contribution in [1.82, 2.24) is 4.98 Å². The molecular formula is C21H20N2O. The van der Waals surface area contributed by atoms with E-state index in [0.717, 1.165) is 28.9 Å². The van der Waals surface area contributed by atoms with Gasteiger partial charge in [-0.15, -0.1) is 0 Å². The topological polar surface area (TPSA) is 51.0 Å². The molecule has 0 atom stereocenters. The van der Waals surface area contributed by atoms with Gasteiger partial charge in [-0.2, -0.15) is 0 Å². The van der Waals surface area contributed by atoms with Crippen molar-refractivity contribution in [3.05, 3.63) is 77.9 Å². The number of nitrogens with one attached hydrogen (secondary N) is 1. The summed E-state index contributed by atoms with van der Waals surface area (Å²) in [4.78, 5) is 3.38. The van der Waals surface area contributed by atoms with Crippen molar-refractivity contribution in [2.75, 3.05) is 6.54 Å². The first-order valence-corrected chi connectivity index (χ1v) is 8.25. The zero-order chi connectivity index (χ0) is 16.4. The molecule has 3 nitrogen and oxygen atoms in total. The summed E-state index contributed by atoms with van der Waals surface area (Å²) in [6.45, 7) is 1.14. The molecule has 1 heterocycles. The maximum Gasteiger partial charge on any atom is 0.195 e. The van der Waals surface area contributed by atoms with Gasteiger partial charge in [0.25, 0.3) is 0 Å². The quantitative estimate of drug-likeness (QED) is 0.573. The summed E-state index contributed by atoms with van der Waals surface area (Å²) in [7, 11) is 0. The number of nitrogens with two attached hydrogens (primary N) is 1. The fourth-order valence-electron chi connectivity index (χ4n) is 3.18. The highest BCUT2D eigenvalue weighted by atomic mass is 16.5. The van der Waals surface area contributed by atoms with Crippen molar-refractivity contribution in [1.29, 1.82) is 0 Å². The van der Waals surface area contributed by atoms with Crippen LogP contribution in [0.15, 0.2) is 66.7 Å². The maximum absolute atomic E-state index is 6.10. The van der Waals surface area contributed by atoms with E-state index in [9.17, 15) is 0 Å². The molecule has 0 fully saturated rings. The molecule has 0 aliphatic heterocycles. The second kappa shape index (κ2) is 6.38. The molecule has 3 heteroatoms. The van der Waals surface area contributed by atoms with E-state index in [1.807, 2.05) is 12.1 Å². The number of benzene rings is 3. The smallest absolute Gasteiger partial charge is 0.195 e. The molecule has 0 radical (unpaired) electrons. The summed E-state index contributed by atoms with van der Waals surface area (Å²) < 4.78 is 6.10. The van der Waals surface area contributed by atoms with E-state index in [1.165, 1.54) is 16.2 Å². The lowest BCUT2D eigenvalue weighted by Gasteiger charge is -2.08. The van der Waals surface area contributed by atoms with Gasteiger partial charge in [0.05, 0.1) is 0 Å². The molecule has 0 unspecified atom stereocenters. The van der Waals surface area contributed by atoms with Crippen molar-refractivity contribution in [2.45, 2.75) is 13.0 Å². The molecule has 0 saturated heterocycles. The van der Waals surface area contributed by atoms with Crippen LogP contribution in [0.4, 0.5) is 0 Å². The third kappa shape index (κ3) is 2.74. The lowest BCUT2D eigenvalue weighted by atomic mass is 10.1. The molecule has 4 aromatic rings. The molecule has 0 aliphatic rings. The Balaban J connectivity index is 1.62. The van der Waals surface area contributed by atoms with Crippen molar-refractivity contribution >= 4 is 21.7 Å². The number of fused-ring (bicyclic) bond motifs is 2. The second-order valence-electron chi connectivity index (χ2n) is 5.99. The lowest BCUT2D eigenvalue weighted by Crippen LogP contribution is -2.04. The van der Waals surface area contributed by atoms with E-state index < -0.39 is 0 Å². The molecule has 0 amide bonds. The monoisotopic (exact) mass is 316 g/mol. The Morgan fingerprint density at radius 3 is 2.54 bits per heavy atom. The normalized spacial score (nSPS) is 11.2. The Bertz CT molecular complexity index is 987. The maximum atomic E-state index is 6.10. The molecule has 120 valence electrons. The summed E-state index contributed by atoms with van der Waals surface area (Å²) in [6, 6.07) is 23.1. The molecule has 1 aromatic heterocycles. The molecule has 0 bridgehead atoms. The Morgan fingerprint density at radius 2 is 1.67 bits per heavy atom. The number of ether oxygens (including phenoxy) is 1. The van der Waals surface area contributed by atoms with E-state index in [2.05, 4.69) is 59.6 Å². The number of hydrogen-bond donors (Lipinski definition) is 2. The van der Waals surface area contributed by atoms with Gasteiger partial charge >= 0.3 is 0 Å². The molecule has 4 rings (SSSR count). The van der Waals surface area contributed by atoms with Gasteiger partial charge < -0.3 is 15.5 Å². The van der Waals surface area contributed by atoms with Gasteiger partial charge in [-0.25, -0.2) is 0 Å². The Morgan fingerprint density at radius 1 is 0.875 bits per heavy atom. The van der Waals surface area contributed by atoms with Gasteiger partial charge in [-0.05, 0) is 41.4 Å². The third-order valence-electron chi connectivity index (χ3n) is 4.37. The van der Waals surface area contributed by atoms with Crippen LogP contribution in [-0.2, 0) is 13.0 Å². The van der Waals surface area contributed by atoms with Gasteiger partial charge in [0.15, 0.2) is 5.88 Å². The molecule has 0 spiro atoms. The fraction of sp³-hybridized carbons (Fsp3) is 0.143. The van der Waals surface area contributed by atoms with Crippen LogP contribution in [0, 0.1) is 0 Å². The van der Waals surface area contributed by atoms with Crippen molar-refractivity contribution < 1.29 is 4.74 Å². The van der Waals surface area contributed by atoms with Crippen LogP contribution in [-0.4, -0.2) is 11.5 Å². The number of hydrogen-bond acceptors (Lipinski definition) is 2. The number of aromatic nitrogens is 1. The minimum Gasteiger partial charge on any atom is -0.474 e. The summed E-state index contributed by atoms with van der Waals surface area (Å²) in [5.41, 5.74) is 9.19. The predicted octanol–water partition coefficient (Wildman–Crippen LogP) is 4.40. The highest BCUT2D eigenvalue weighted by Crippen LogP contribution is 2.29. The van der Waals surface area contributed by atoms with Crippen LogP contribution >= 0.6 is 0 Å². The molecule has 24 heavy (non-hydrogen) atoms. The standard InChI is InChI=1S/C21H20N2O/c22-12-11-19-18-7-3-4-8-20(18)23-21(19)24-14-15-9-10-16-5-1-2-6-17(16)13-15/h1-10,13,23H,11-12,14,22H2. The van der Waals surface area contributed by atoms with Crippen LogP contribution in [0.25, 0.3) is 21.7 Å². The van der Waals surface area contributed by atoms with Gasteiger partial charge in [0.1, 0.15) is 6.61 Å². The van der Waals surface area contributed by atoms with E-state index in [1.54, 1.807) is 0 Å². The predicted molar refractivity (Wildman–Crippen MR) is 99.3 cm³/mol. The first-order chi connectivity index (χ1) is 11.8. The first kappa shape index (κ1) is 14.8. The third-order valence-corrected chi connectivity index (χ3v) is 4.37. The number of aromatic amines is 1. The van der Waals surface area contributed by atoms with Gasteiger partial charge in [-0.1, -0.05) is 54.6 Å². The van der Waals surface area contributed by atoms with Crippen LogP contribution in [0.5, 0.6) is 5.88 Å². The lowest BCUT2D eigenvalue weighted by molar-refractivity contribution is 0.293. The molecule has 0 saturated carbocycles. The van der Waals surface area contributed by atoms with Gasteiger partial charge in [-0.3, -0.25) is 0 Å². The largest absolute Gasteiger partial charge is 0.474 e. The number of rotatable bonds is 5. The number of para-hydroxylation sites is 1. The molecule has 3 N–H and O–H groups in total. The minimum atomic E-state index is 0.537. The highest BCUT2D eigenvalue weighted by Gasteiger charge is 2.12. The Kier molecular flexibility index (Phi) is 3.93. The van der Waals surface area contributed by atoms with E-state index in [4.69, 9.17) is 10.5 Å². The summed E-state index contributed by atoms with van der Waals surface area (Å²) in [5, 5.41) is 3.67. The van der Waals surface area contributed by atoms with Gasteiger partial charge in [0.2, 0.25) is 0 Å². The average Bonchev–Trinajstić information content (AvgIpc) is 2.98. The van der Waals surface area contributed by atoms with E-state index in [-0.39, 0.29) is 0 Å². The number of H-pyrrole nitrogens is 1. The van der Waals surface area contributed by atoms with Crippen molar-refractivity contribution in [3.8, 4) is 5.88 Å². The Hall–Kier alpha value is -2.78. The molecule has 3 aromatic carbocycles. The SMILES string of the molecule is NCCc1c(OCc2ccc3ccccc3c2)[nH]c2ccccc12. The van der Waals surface area contributed by atoms with Crippen molar-refractivity contribution in [3.63, 3.8) is 0 Å². The first-order valence-electron chi connectivity index (χ1n) is 8.25. The summed E-state index contributed by atoms with van der Waals surface area (Å²) in [5.74, 6) is 0.829. The Labute approximate surface area is 141 Å².